The smallest absolute Gasteiger partial charge is 0.311 e. The van der Waals surface area contributed by atoms with Crippen LogP contribution in [0.1, 0.15) is 130 Å². The van der Waals surface area contributed by atoms with Crippen molar-refractivity contribution in [3.8, 4) is 0 Å². The molecule has 0 aromatic heterocycles. The van der Waals surface area contributed by atoms with Crippen molar-refractivity contribution < 1.29 is 9.53 Å². The van der Waals surface area contributed by atoms with Gasteiger partial charge in [0.15, 0.2) is 0 Å². The molecule has 0 aliphatic heterocycles. The summed E-state index contributed by atoms with van der Waals surface area (Å²) in [5, 5.41) is 0. The maximum absolute atomic E-state index is 12.8. The Bertz CT molecular complexity index is 341. The molecule has 0 heterocycles. The van der Waals surface area contributed by atoms with E-state index in [2.05, 4.69) is 13.8 Å². The highest BCUT2D eigenvalue weighted by atomic mass is 16.5. The van der Waals surface area contributed by atoms with E-state index in [1.165, 1.54) is 64.2 Å². The van der Waals surface area contributed by atoms with Crippen molar-refractivity contribution >= 4 is 5.97 Å². The van der Waals surface area contributed by atoms with Gasteiger partial charge < -0.3 is 10.5 Å². The number of hydrogen-bond acceptors (Lipinski definition) is 3. The first-order chi connectivity index (χ1) is 13.0. The van der Waals surface area contributed by atoms with Gasteiger partial charge in [0, 0.05) is 0 Å². The Balaban J connectivity index is 4.36. The highest BCUT2D eigenvalue weighted by molar-refractivity contribution is 5.76. The first kappa shape index (κ1) is 26.4. The van der Waals surface area contributed by atoms with Crippen molar-refractivity contribution in [2.75, 3.05) is 6.54 Å². The van der Waals surface area contributed by atoms with E-state index in [0.717, 1.165) is 45.1 Å². The van der Waals surface area contributed by atoms with E-state index in [0.29, 0.717) is 0 Å². The highest BCUT2D eigenvalue weighted by Crippen LogP contribution is 2.28. The molecule has 0 amide bonds. The number of hydrogen-bond donors (Lipinski definition) is 1. The van der Waals surface area contributed by atoms with Crippen LogP contribution in [-0.4, -0.2) is 18.6 Å². The zero-order chi connectivity index (χ0) is 20.4. The molecule has 3 nitrogen and oxygen atoms in total. The van der Waals surface area contributed by atoms with Gasteiger partial charge in [-0.05, 0) is 58.9 Å². The summed E-state index contributed by atoms with van der Waals surface area (Å²) in [5.74, 6) is 0.00961. The normalized spacial score (nSPS) is 12.9. The van der Waals surface area contributed by atoms with Crippen LogP contribution < -0.4 is 5.73 Å². The number of rotatable bonds is 19. The fourth-order valence-corrected chi connectivity index (χ4v) is 3.51. The third-order valence-electron chi connectivity index (χ3n) is 5.59. The van der Waals surface area contributed by atoms with E-state index in [9.17, 15) is 4.79 Å². The monoisotopic (exact) mass is 383 g/mol. The van der Waals surface area contributed by atoms with Gasteiger partial charge in [0.25, 0.3) is 0 Å². The van der Waals surface area contributed by atoms with Crippen LogP contribution in [0.2, 0.25) is 0 Å². The molecule has 162 valence electrons. The Morgan fingerprint density at radius 2 is 1.26 bits per heavy atom. The molecule has 3 heteroatoms. The van der Waals surface area contributed by atoms with Crippen molar-refractivity contribution in [1.82, 2.24) is 0 Å². The predicted molar refractivity (Wildman–Crippen MR) is 118 cm³/mol. The summed E-state index contributed by atoms with van der Waals surface area (Å²) < 4.78 is 6.02. The van der Waals surface area contributed by atoms with E-state index in [1.807, 2.05) is 13.8 Å². The molecule has 0 radical (unpaired) electrons. The van der Waals surface area contributed by atoms with Gasteiger partial charge in [-0.3, -0.25) is 4.79 Å². The predicted octanol–water partition coefficient (Wildman–Crippen LogP) is 7.16. The summed E-state index contributed by atoms with van der Waals surface area (Å²) in [5.41, 5.74) is 5.18. The Kier molecular flexibility index (Phi) is 17.2. The maximum Gasteiger partial charge on any atom is 0.311 e. The minimum atomic E-state index is -0.368. The third kappa shape index (κ3) is 15.1. The minimum absolute atomic E-state index is 0.00961. The molecular formula is C24H49NO2. The number of unbranched alkanes of at least 4 members (excludes halogenated alkanes) is 10. The van der Waals surface area contributed by atoms with E-state index in [4.69, 9.17) is 10.5 Å². The second-order valence-corrected chi connectivity index (χ2v) is 8.92. The van der Waals surface area contributed by atoms with E-state index in [1.54, 1.807) is 0 Å². The lowest BCUT2D eigenvalue weighted by molar-refractivity contribution is -0.161. The summed E-state index contributed by atoms with van der Waals surface area (Å²) >= 11 is 0. The molecule has 27 heavy (non-hydrogen) atoms. The summed E-state index contributed by atoms with van der Waals surface area (Å²) in [6, 6.07) is 0. The van der Waals surface area contributed by atoms with Gasteiger partial charge in [0.1, 0.15) is 6.10 Å². The average molecular weight is 384 g/mol. The molecule has 0 fully saturated rings. The van der Waals surface area contributed by atoms with Crippen molar-refractivity contribution in [2.24, 2.45) is 11.1 Å². The lowest BCUT2D eigenvalue weighted by Crippen LogP contribution is -2.31. The summed E-state index contributed by atoms with van der Waals surface area (Å²) in [6.07, 6.45) is 18.9. The van der Waals surface area contributed by atoms with Crippen LogP contribution in [0.4, 0.5) is 0 Å². The molecule has 1 atom stereocenters. The zero-order valence-corrected chi connectivity index (χ0v) is 19.0. The second kappa shape index (κ2) is 17.5. The van der Waals surface area contributed by atoms with E-state index in [-0.39, 0.29) is 17.5 Å². The Labute approximate surface area is 170 Å². The highest BCUT2D eigenvalue weighted by Gasteiger charge is 2.30. The molecule has 0 rings (SSSR count). The molecule has 0 saturated heterocycles. The van der Waals surface area contributed by atoms with Crippen molar-refractivity contribution in [1.29, 1.82) is 0 Å². The summed E-state index contributed by atoms with van der Waals surface area (Å²) in [6.45, 7) is 9.35. The van der Waals surface area contributed by atoms with Crippen LogP contribution in [0.25, 0.3) is 0 Å². The summed E-state index contributed by atoms with van der Waals surface area (Å²) in [4.78, 5) is 12.8. The number of carbonyl (C=O) groups excluding carboxylic acids is 1. The van der Waals surface area contributed by atoms with Crippen LogP contribution in [0.5, 0.6) is 0 Å². The average Bonchev–Trinajstić information content (AvgIpc) is 2.64. The minimum Gasteiger partial charge on any atom is -0.462 e. The van der Waals surface area contributed by atoms with Gasteiger partial charge in [-0.15, -0.1) is 0 Å². The molecule has 0 spiro atoms. The molecule has 1 unspecified atom stereocenters. The molecule has 0 aliphatic rings. The van der Waals surface area contributed by atoms with E-state index >= 15 is 0 Å². The Morgan fingerprint density at radius 1 is 0.778 bits per heavy atom. The first-order valence-corrected chi connectivity index (χ1v) is 11.9. The van der Waals surface area contributed by atoms with Crippen LogP contribution in [-0.2, 0) is 9.53 Å². The van der Waals surface area contributed by atoms with Crippen LogP contribution in [0.15, 0.2) is 0 Å². The molecule has 0 aromatic rings. The first-order valence-electron chi connectivity index (χ1n) is 11.9. The van der Waals surface area contributed by atoms with Crippen molar-refractivity contribution in [3.05, 3.63) is 0 Å². The molecule has 0 bridgehead atoms. The third-order valence-corrected chi connectivity index (χ3v) is 5.59. The molecule has 2 N–H and O–H groups in total. The lowest BCUT2D eigenvalue weighted by atomic mass is 9.86. The van der Waals surface area contributed by atoms with Crippen LogP contribution in [0, 0.1) is 5.41 Å². The molecule has 0 saturated carbocycles. The van der Waals surface area contributed by atoms with Gasteiger partial charge in [-0.1, -0.05) is 78.1 Å². The largest absolute Gasteiger partial charge is 0.462 e. The maximum atomic E-state index is 12.8. The Morgan fingerprint density at radius 3 is 1.81 bits per heavy atom. The van der Waals surface area contributed by atoms with Crippen LogP contribution >= 0.6 is 0 Å². The lowest BCUT2D eigenvalue weighted by Gasteiger charge is -2.27. The standard InChI is InChI=1S/C24H49NO2/c1-5-7-9-11-15-19-22(18-14-10-8-6-2)27-23(26)24(3,4)20-16-12-13-17-21-25/h22H,5-21,25H2,1-4H3. The van der Waals surface area contributed by atoms with Gasteiger partial charge in [0.05, 0.1) is 5.41 Å². The number of carbonyl (C=O) groups is 1. The number of nitrogens with two attached hydrogens (primary N) is 1. The molecule has 0 aromatic carbocycles. The topological polar surface area (TPSA) is 52.3 Å². The number of ether oxygens (including phenoxy) is 1. The summed E-state index contributed by atoms with van der Waals surface area (Å²) in [7, 11) is 0. The quantitative estimate of drug-likeness (QED) is 0.190. The van der Waals surface area contributed by atoms with E-state index < -0.39 is 0 Å². The van der Waals surface area contributed by atoms with Crippen molar-refractivity contribution in [3.63, 3.8) is 0 Å². The van der Waals surface area contributed by atoms with Crippen LogP contribution in [0.3, 0.4) is 0 Å². The fraction of sp³-hybridized carbons (Fsp3) is 0.958. The van der Waals surface area contributed by atoms with Gasteiger partial charge in [0.2, 0.25) is 0 Å². The zero-order valence-electron chi connectivity index (χ0n) is 19.0. The molecular weight excluding hydrogens is 334 g/mol. The number of esters is 1. The fourth-order valence-electron chi connectivity index (χ4n) is 3.51. The van der Waals surface area contributed by atoms with Gasteiger partial charge in [-0.2, -0.15) is 0 Å². The van der Waals surface area contributed by atoms with Gasteiger partial charge in [-0.25, -0.2) is 0 Å². The van der Waals surface area contributed by atoms with Gasteiger partial charge >= 0.3 is 5.97 Å². The SMILES string of the molecule is CCCCCCCC(CCCCCC)OC(=O)C(C)(C)CCCCCCN. The van der Waals surface area contributed by atoms with Crippen molar-refractivity contribution in [2.45, 2.75) is 137 Å². The Hall–Kier alpha value is -0.570. The second-order valence-electron chi connectivity index (χ2n) is 8.92. The molecule has 0 aliphatic carbocycles.